The van der Waals surface area contributed by atoms with Gasteiger partial charge in [0.25, 0.3) is 0 Å². The summed E-state index contributed by atoms with van der Waals surface area (Å²) in [4.78, 5) is 0.843. The minimum atomic E-state index is -1.40. The third-order valence-electron chi connectivity index (χ3n) is 2.15. The first-order valence-corrected chi connectivity index (χ1v) is 5.49. The molecule has 0 bridgehead atoms. The van der Waals surface area contributed by atoms with Crippen LogP contribution >= 0.6 is 24.0 Å². The molecular weight excluding hydrogens is 215 g/mol. The van der Waals surface area contributed by atoms with Gasteiger partial charge >= 0.3 is 7.12 Å². The maximum absolute atomic E-state index is 9.13. The zero-order valence-electron chi connectivity index (χ0n) is 7.56. The topological polar surface area (TPSA) is 40.5 Å². The number of aryl methyl sites for hydroxylation is 1. The molecule has 0 fully saturated rings. The first kappa shape index (κ1) is 10.0. The minimum absolute atomic E-state index is 0.559. The average molecular weight is 224 g/mol. The first-order chi connectivity index (χ1) is 6.59. The Morgan fingerprint density at radius 1 is 1.36 bits per heavy atom. The standard InChI is InChI=1S/C9H9BO2S2/c1-5-2-6(13)3-7-8(10(11)12)4-14-9(5)7/h2-4,11-13H,1H3. The van der Waals surface area contributed by atoms with Crippen molar-refractivity contribution >= 4 is 46.6 Å². The first-order valence-electron chi connectivity index (χ1n) is 4.16. The predicted molar refractivity (Wildman–Crippen MR) is 63.6 cm³/mol. The van der Waals surface area contributed by atoms with Gasteiger partial charge in [-0.1, -0.05) is 0 Å². The number of rotatable bonds is 1. The van der Waals surface area contributed by atoms with Crippen molar-refractivity contribution < 1.29 is 10.0 Å². The van der Waals surface area contributed by atoms with Crippen LogP contribution in [0.2, 0.25) is 0 Å². The lowest BCUT2D eigenvalue weighted by molar-refractivity contribution is 0.426. The summed E-state index contributed by atoms with van der Waals surface area (Å²) >= 11 is 5.79. The molecule has 0 unspecified atom stereocenters. The molecule has 72 valence electrons. The number of thiophene rings is 1. The Morgan fingerprint density at radius 3 is 2.71 bits per heavy atom. The van der Waals surface area contributed by atoms with E-state index in [1.54, 1.807) is 5.38 Å². The highest BCUT2D eigenvalue weighted by Gasteiger charge is 2.17. The Morgan fingerprint density at radius 2 is 2.07 bits per heavy atom. The van der Waals surface area contributed by atoms with Crippen LogP contribution in [0, 0.1) is 6.92 Å². The van der Waals surface area contributed by atoms with E-state index in [1.165, 1.54) is 11.3 Å². The van der Waals surface area contributed by atoms with E-state index in [0.29, 0.717) is 5.46 Å². The van der Waals surface area contributed by atoms with Crippen LogP contribution in [0.1, 0.15) is 5.56 Å². The lowest BCUT2D eigenvalue weighted by Crippen LogP contribution is -2.28. The van der Waals surface area contributed by atoms with Crippen LogP contribution in [0.4, 0.5) is 0 Å². The average Bonchev–Trinajstić information content (AvgIpc) is 2.47. The monoisotopic (exact) mass is 224 g/mol. The summed E-state index contributed by atoms with van der Waals surface area (Å²) in [6, 6.07) is 3.83. The van der Waals surface area contributed by atoms with Crippen LogP contribution in [0.15, 0.2) is 22.4 Å². The van der Waals surface area contributed by atoms with Crippen LogP contribution in [0.3, 0.4) is 0 Å². The fourth-order valence-electron chi connectivity index (χ4n) is 1.51. The van der Waals surface area contributed by atoms with Gasteiger partial charge in [-0.05, 0) is 35.4 Å². The van der Waals surface area contributed by atoms with Gasteiger partial charge in [0.2, 0.25) is 0 Å². The van der Waals surface area contributed by atoms with E-state index in [4.69, 9.17) is 10.0 Å². The molecule has 0 atom stereocenters. The lowest BCUT2D eigenvalue weighted by atomic mass is 9.80. The number of hydrogen-bond acceptors (Lipinski definition) is 4. The van der Waals surface area contributed by atoms with Crippen LogP contribution < -0.4 is 5.46 Å². The number of hydrogen-bond donors (Lipinski definition) is 3. The Hall–Kier alpha value is -0.485. The Labute approximate surface area is 91.8 Å². The van der Waals surface area contributed by atoms with E-state index in [0.717, 1.165) is 20.5 Å². The normalized spacial score (nSPS) is 10.9. The Kier molecular flexibility index (Phi) is 2.57. The lowest BCUT2D eigenvalue weighted by Gasteiger charge is -2.00. The fourth-order valence-corrected chi connectivity index (χ4v) is 2.88. The molecule has 0 amide bonds. The van der Waals surface area contributed by atoms with Gasteiger partial charge in [0, 0.05) is 15.1 Å². The molecule has 1 aromatic heterocycles. The zero-order chi connectivity index (χ0) is 10.3. The van der Waals surface area contributed by atoms with E-state index < -0.39 is 7.12 Å². The van der Waals surface area contributed by atoms with E-state index >= 15 is 0 Å². The van der Waals surface area contributed by atoms with Crippen molar-refractivity contribution in [2.24, 2.45) is 0 Å². The van der Waals surface area contributed by atoms with Crippen molar-refractivity contribution in [1.29, 1.82) is 0 Å². The summed E-state index contributed by atoms with van der Waals surface area (Å²) in [6.07, 6.45) is 0. The highest BCUT2D eigenvalue weighted by molar-refractivity contribution is 7.80. The molecule has 0 radical (unpaired) electrons. The molecule has 0 aliphatic carbocycles. The second-order valence-electron chi connectivity index (χ2n) is 3.20. The summed E-state index contributed by atoms with van der Waals surface area (Å²) in [6.45, 7) is 1.99. The molecule has 0 saturated carbocycles. The molecule has 0 aliphatic rings. The maximum Gasteiger partial charge on any atom is 0.489 e. The van der Waals surface area contributed by atoms with Gasteiger partial charge < -0.3 is 10.0 Å². The van der Waals surface area contributed by atoms with Crippen LogP contribution in [0.25, 0.3) is 10.1 Å². The van der Waals surface area contributed by atoms with Gasteiger partial charge in [-0.25, -0.2) is 0 Å². The molecule has 2 aromatic rings. The summed E-state index contributed by atoms with van der Waals surface area (Å²) in [5.74, 6) is 0. The SMILES string of the molecule is Cc1cc(S)cc2c(B(O)O)csc12. The van der Waals surface area contributed by atoms with Gasteiger partial charge in [0.1, 0.15) is 0 Å². The van der Waals surface area contributed by atoms with Crippen molar-refractivity contribution in [3.8, 4) is 0 Å². The highest BCUT2D eigenvalue weighted by Crippen LogP contribution is 2.26. The van der Waals surface area contributed by atoms with E-state index in [9.17, 15) is 0 Å². The van der Waals surface area contributed by atoms with Gasteiger partial charge in [-0.15, -0.1) is 24.0 Å². The molecule has 1 heterocycles. The van der Waals surface area contributed by atoms with Crippen molar-refractivity contribution in [1.82, 2.24) is 0 Å². The molecule has 2 nitrogen and oxygen atoms in total. The molecule has 14 heavy (non-hydrogen) atoms. The zero-order valence-corrected chi connectivity index (χ0v) is 9.27. The van der Waals surface area contributed by atoms with Gasteiger partial charge in [-0.2, -0.15) is 0 Å². The summed E-state index contributed by atoms with van der Waals surface area (Å²) in [7, 11) is -1.40. The molecule has 2 rings (SSSR count). The molecule has 0 aliphatic heterocycles. The Bertz CT molecular complexity index is 479. The maximum atomic E-state index is 9.13. The largest absolute Gasteiger partial charge is 0.489 e. The molecule has 2 N–H and O–H groups in total. The number of benzene rings is 1. The van der Waals surface area contributed by atoms with Gasteiger partial charge in [-0.3, -0.25) is 0 Å². The fraction of sp³-hybridized carbons (Fsp3) is 0.111. The van der Waals surface area contributed by atoms with E-state index in [1.807, 2.05) is 19.1 Å². The van der Waals surface area contributed by atoms with E-state index in [-0.39, 0.29) is 0 Å². The summed E-state index contributed by atoms with van der Waals surface area (Å²) in [5.41, 5.74) is 1.67. The van der Waals surface area contributed by atoms with Crippen LogP contribution in [0.5, 0.6) is 0 Å². The third-order valence-corrected chi connectivity index (χ3v) is 3.56. The van der Waals surface area contributed by atoms with Crippen molar-refractivity contribution in [2.75, 3.05) is 0 Å². The molecule has 5 heteroatoms. The quantitative estimate of drug-likeness (QED) is 0.502. The van der Waals surface area contributed by atoms with Crippen molar-refractivity contribution in [2.45, 2.75) is 11.8 Å². The second-order valence-corrected chi connectivity index (χ2v) is 4.60. The molecular formula is C9H9BO2S2. The predicted octanol–water partition coefficient (Wildman–Crippen LogP) is 1.18. The Balaban J connectivity index is 2.78. The molecule has 0 saturated heterocycles. The number of thiol groups is 1. The van der Waals surface area contributed by atoms with Crippen molar-refractivity contribution in [3.05, 3.63) is 23.1 Å². The third kappa shape index (κ3) is 1.57. The summed E-state index contributed by atoms with van der Waals surface area (Å²) < 4.78 is 1.09. The highest BCUT2D eigenvalue weighted by atomic mass is 32.1. The van der Waals surface area contributed by atoms with Gasteiger partial charge in [0.05, 0.1) is 0 Å². The smallest absolute Gasteiger partial charge is 0.423 e. The molecule has 0 spiro atoms. The second kappa shape index (κ2) is 3.58. The number of fused-ring (bicyclic) bond motifs is 1. The van der Waals surface area contributed by atoms with E-state index in [2.05, 4.69) is 12.6 Å². The summed E-state index contributed by atoms with van der Waals surface area (Å²) in [5, 5.41) is 20.9. The van der Waals surface area contributed by atoms with Crippen LogP contribution in [-0.4, -0.2) is 17.2 Å². The molecule has 1 aromatic carbocycles. The van der Waals surface area contributed by atoms with Gasteiger partial charge in [0.15, 0.2) is 0 Å². The van der Waals surface area contributed by atoms with Crippen molar-refractivity contribution in [3.63, 3.8) is 0 Å². The minimum Gasteiger partial charge on any atom is -0.423 e. The van der Waals surface area contributed by atoms with Crippen LogP contribution in [-0.2, 0) is 0 Å².